The van der Waals surface area contributed by atoms with E-state index in [2.05, 4.69) is 14.9 Å². The first-order chi connectivity index (χ1) is 11.7. The Labute approximate surface area is 140 Å². The van der Waals surface area contributed by atoms with E-state index in [0.29, 0.717) is 18.8 Å². The van der Waals surface area contributed by atoms with Crippen molar-refractivity contribution < 1.29 is 4.79 Å². The summed E-state index contributed by atoms with van der Waals surface area (Å²) >= 11 is 0. The van der Waals surface area contributed by atoms with Crippen LogP contribution in [-0.4, -0.2) is 51.4 Å². The SMILES string of the molecule is Cc1nc2ccccn2c1C(=O)N1CCN(c2ccccn2)CC1. The van der Waals surface area contributed by atoms with Gasteiger partial charge in [0.05, 0.1) is 5.69 Å². The minimum Gasteiger partial charge on any atom is -0.353 e. The first-order valence-corrected chi connectivity index (χ1v) is 8.13. The third kappa shape index (κ3) is 2.50. The number of hydrogen-bond acceptors (Lipinski definition) is 4. The number of rotatable bonds is 2. The van der Waals surface area contributed by atoms with Crippen molar-refractivity contribution in [2.75, 3.05) is 31.1 Å². The van der Waals surface area contributed by atoms with Gasteiger partial charge in [0.25, 0.3) is 5.91 Å². The molecule has 4 heterocycles. The largest absolute Gasteiger partial charge is 0.353 e. The number of pyridine rings is 2. The molecule has 0 atom stereocenters. The van der Waals surface area contributed by atoms with Crippen molar-refractivity contribution in [2.45, 2.75) is 6.92 Å². The van der Waals surface area contributed by atoms with E-state index in [1.807, 2.05) is 58.8 Å². The number of carbonyl (C=O) groups is 1. The number of imidazole rings is 1. The van der Waals surface area contributed by atoms with Crippen molar-refractivity contribution in [1.82, 2.24) is 19.3 Å². The van der Waals surface area contributed by atoms with Gasteiger partial charge in [0.15, 0.2) is 0 Å². The zero-order valence-electron chi connectivity index (χ0n) is 13.6. The average Bonchev–Trinajstić information content (AvgIpc) is 2.98. The summed E-state index contributed by atoms with van der Waals surface area (Å²) in [6, 6.07) is 11.7. The minimum atomic E-state index is 0.0480. The van der Waals surface area contributed by atoms with Crippen LogP contribution in [0.3, 0.4) is 0 Å². The first-order valence-electron chi connectivity index (χ1n) is 8.13. The molecular formula is C18H19N5O. The Kier molecular flexibility index (Phi) is 3.65. The molecule has 0 N–H and O–H groups in total. The number of amides is 1. The van der Waals surface area contributed by atoms with Crippen molar-refractivity contribution in [3.63, 3.8) is 0 Å². The Morgan fingerprint density at radius 1 is 1.04 bits per heavy atom. The summed E-state index contributed by atoms with van der Waals surface area (Å²) in [4.78, 5) is 26.0. The molecule has 6 heteroatoms. The predicted octanol–water partition coefficient (Wildman–Crippen LogP) is 2.00. The Morgan fingerprint density at radius 3 is 2.58 bits per heavy atom. The molecule has 0 bridgehead atoms. The molecule has 0 aliphatic carbocycles. The van der Waals surface area contributed by atoms with Crippen molar-refractivity contribution in [2.24, 2.45) is 0 Å². The van der Waals surface area contributed by atoms with Crippen molar-refractivity contribution in [3.05, 3.63) is 60.2 Å². The van der Waals surface area contributed by atoms with Crippen molar-refractivity contribution in [3.8, 4) is 0 Å². The van der Waals surface area contributed by atoms with Gasteiger partial charge in [-0.25, -0.2) is 9.97 Å². The molecule has 0 saturated carbocycles. The standard InChI is InChI=1S/C18H19N5O/c1-14-17(23-9-5-3-7-16(23)20-14)18(24)22-12-10-21(11-13-22)15-6-2-4-8-19-15/h2-9H,10-13H2,1H3. The summed E-state index contributed by atoms with van der Waals surface area (Å²) in [5, 5.41) is 0. The van der Waals surface area contributed by atoms with Gasteiger partial charge in [-0.2, -0.15) is 0 Å². The molecule has 0 spiro atoms. The first kappa shape index (κ1) is 14.7. The van der Waals surface area contributed by atoms with E-state index in [1.165, 1.54) is 0 Å². The van der Waals surface area contributed by atoms with Gasteiger partial charge in [-0.3, -0.25) is 9.20 Å². The van der Waals surface area contributed by atoms with E-state index >= 15 is 0 Å². The van der Waals surface area contributed by atoms with Gasteiger partial charge in [-0.1, -0.05) is 12.1 Å². The lowest BCUT2D eigenvalue weighted by molar-refractivity contribution is 0.0738. The Morgan fingerprint density at radius 2 is 1.83 bits per heavy atom. The molecular weight excluding hydrogens is 302 g/mol. The third-order valence-corrected chi connectivity index (χ3v) is 4.45. The van der Waals surface area contributed by atoms with Crippen molar-refractivity contribution >= 4 is 17.4 Å². The summed E-state index contributed by atoms with van der Waals surface area (Å²) < 4.78 is 1.88. The van der Waals surface area contributed by atoms with Gasteiger partial charge in [-0.15, -0.1) is 0 Å². The molecule has 3 aromatic heterocycles. The molecule has 0 unspecified atom stereocenters. The molecule has 24 heavy (non-hydrogen) atoms. The van der Waals surface area contributed by atoms with Crippen LogP contribution < -0.4 is 4.90 Å². The van der Waals surface area contributed by atoms with Gasteiger partial charge >= 0.3 is 0 Å². The summed E-state index contributed by atoms with van der Waals surface area (Å²) in [7, 11) is 0. The maximum atomic E-state index is 13.0. The number of carbonyl (C=O) groups excluding carboxylic acids is 1. The van der Waals surface area contributed by atoms with E-state index in [-0.39, 0.29) is 5.91 Å². The monoisotopic (exact) mass is 321 g/mol. The van der Waals surface area contributed by atoms with Crippen LogP contribution in [0.1, 0.15) is 16.2 Å². The number of aromatic nitrogens is 3. The molecule has 3 aromatic rings. The lowest BCUT2D eigenvalue weighted by atomic mass is 10.2. The van der Waals surface area contributed by atoms with Crippen LogP contribution in [0.5, 0.6) is 0 Å². The fourth-order valence-corrected chi connectivity index (χ4v) is 3.20. The van der Waals surface area contributed by atoms with Crippen LogP contribution >= 0.6 is 0 Å². The van der Waals surface area contributed by atoms with Crippen LogP contribution in [-0.2, 0) is 0 Å². The number of fused-ring (bicyclic) bond motifs is 1. The molecule has 1 fully saturated rings. The van der Waals surface area contributed by atoms with Crippen LogP contribution in [0.25, 0.3) is 5.65 Å². The number of nitrogens with zero attached hydrogens (tertiary/aromatic N) is 5. The Balaban J connectivity index is 1.53. The fraction of sp³-hybridized carbons (Fsp3) is 0.278. The molecule has 0 radical (unpaired) electrons. The second-order valence-electron chi connectivity index (χ2n) is 5.94. The molecule has 4 rings (SSSR count). The van der Waals surface area contributed by atoms with Gasteiger partial charge in [0.1, 0.15) is 17.2 Å². The molecule has 0 aromatic carbocycles. The van der Waals surface area contributed by atoms with Crippen molar-refractivity contribution in [1.29, 1.82) is 0 Å². The highest BCUT2D eigenvalue weighted by Gasteiger charge is 2.26. The van der Waals surface area contributed by atoms with E-state index in [9.17, 15) is 4.79 Å². The number of hydrogen-bond donors (Lipinski definition) is 0. The summed E-state index contributed by atoms with van der Waals surface area (Å²) in [6.45, 7) is 4.85. The molecule has 1 saturated heterocycles. The maximum absolute atomic E-state index is 13.0. The topological polar surface area (TPSA) is 53.7 Å². The molecule has 122 valence electrons. The van der Waals surface area contributed by atoms with Crippen LogP contribution in [0, 0.1) is 6.92 Å². The zero-order valence-corrected chi connectivity index (χ0v) is 13.6. The summed E-state index contributed by atoms with van der Waals surface area (Å²) in [5.41, 5.74) is 2.25. The molecule has 1 amide bonds. The molecule has 1 aliphatic rings. The lowest BCUT2D eigenvalue weighted by Crippen LogP contribution is -2.49. The van der Waals surface area contributed by atoms with Crippen LogP contribution in [0.4, 0.5) is 5.82 Å². The van der Waals surface area contributed by atoms with Crippen LogP contribution in [0.15, 0.2) is 48.8 Å². The lowest BCUT2D eigenvalue weighted by Gasteiger charge is -2.35. The highest BCUT2D eigenvalue weighted by Crippen LogP contribution is 2.17. The van der Waals surface area contributed by atoms with E-state index < -0.39 is 0 Å². The van der Waals surface area contributed by atoms with Gasteiger partial charge in [0, 0.05) is 38.6 Å². The van der Waals surface area contributed by atoms with Gasteiger partial charge in [0.2, 0.25) is 0 Å². The number of anilines is 1. The summed E-state index contributed by atoms with van der Waals surface area (Å²) in [6.07, 6.45) is 3.70. The minimum absolute atomic E-state index is 0.0480. The number of aryl methyl sites for hydroxylation is 1. The highest BCUT2D eigenvalue weighted by molar-refractivity contribution is 5.94. The fourth-order valence-electron chi connectivity index (χ4n) is 3.20. The van der Waals surface area contributed by atoms with Crippen LogP contribution in [0.2, 0.25) is 0 Å². The average molecular weight is 321 g/mol. The van der Waals surface area contributed by atoms with Gasteiger partial charge in [-0.05, 0) is 31.2 Å². The second-order valence-corrected chi connectivity index (χ2v) is 5.94. The summed E-state index contributed by atoms with van der Waals surface area (Å²) in [5.74, 6) is 1.02. The smallest absolute Gasteiger partial charge is 0.272 e. The van der Waals surface area contributed by atoms with E-state index in [4.69, 9.17) is 0 Å². The second kappa shape index (κ2) is 5.96. The van der Waals surface area contributed by atoms with Gasteiger partial charge < -0.3 is 9.80 Å². The van der Waals surface area contributed by atoms with E-state index in [1.54, 1.807) is 6.20 Å². The zero-order chi connectivity index (χ0) is 16.5. The normalized spacial score (nSPS) is 15.0. The molecule has 6 nitrogen and oxygen atoms in total. The molecule has 1 aliphatic heterocycles. The number of piperazine rings is 1. The highest BCUT2D eigenvalue weighted by atomic mass is 16.2. The Bertz CT molecular complexity index is 866. The predicted molar refractivity (Wildman–Crippen MR) is 92.3 cm³/mol. The quantitative estimate of drug-likeness (QED) is 0.724. The Hall–Kier alpha value is -2.89. The van der Waals surface area contributed by atoms with E-state index in [0.717, 1.165) is 30.2 Å². The maximum Gasteiger partial charge on any atom is 0.272 e. The third-order valence-electron chi connectivity index (χ3n) is 4.45.